The van der Waals surface area contributed by atoms with Crippen molar-refractivity contribution in [3.63, 3.8) is 0 Å². The van der Waals surface area contributed by atoms with Crippen molar-refractivity contribution in [3.05, 3.63) is 24.2 Å². The third kappa shape index (κ3) is 4.26. The number of furan rings is 1. The molecule has 0 radical (unpaired) electrons. The molecule has 1 amide bonds. The van der Waals surface area contributed by atoms with E-state index in [9.17, 15) is 4.79 Å². The first kappa shape index (κ1) is 16.9. The number of likely N-dealkylation sites (tertiary alicyclic amines) is 1. The average Bonchev–Trinajstić information content (AvgIpc) is 2.98. The Labute approximate surface area is 133 Å². The highest BCUT2D eigenvalue weighted by atomic mass is 16.6. The van der Waals surface area contributed by atoms with Gasteiger partial charge in [0.2, 0.25) is 0 Å². The minimum Gasteiger partial charge on any atom is -0.468 e. The van der Waals surface area contributed by atoms with Gasteiger partial charge < -0.3 is 14.1 Å². The fraction of sp³-hybridized carbons (Fsp3) is 0.706. The lowest BCUT2D eigenvalue weighted by Crippen LogP contribution is -2.50. The number of rotatable bonds is 3. The predicted octanol–water partition coefficient (Wildman–Crippen LogP) is 3.67. The van der Waals surface area contributed by atoms with Gasteiger partial charge >= 0.3 is 6.09 Å². The molecule has 124 valence electrons. The lowest BCUT2D eigenvalue weighted by atomic mass is 10.0. The number of likely N-dealkylation sites (N-methyl/N-ethyl adjacent to an activating group) is 1. The van der Waals surface area contributed by atoms with Gasteiger partial charge in [0.1, 0.15) is 11.4 Å². The van der Waals surface area contributed by atoms with Gasteiger partial charge in [-0.05, 0) is 59.7 Å². The summed E-state index contributed by atoms with van der Waals surface area (Å²) in [5.74, 6) is 0.955. The van der Waals surface area contributed by atoms with Gasteiger partial charge in [-0.2, -0.15) is 0 Å². The second-order valence-corrected chi connectivity index (χ2v) is 7.08. The van der Waals surface area contributed by atoms with Gasteiger partial charge in [0.25, 0.3) is 0 Å². The summed E-state index contributed by atoms with van der Waals surface area (Å²) in [5.41, 5.74) is -0.447. The molecule has 0 N–H and O–H groups in total. The lowest BCUT2D eigenvalue weighted by molar-refractivity contribution is 0.00898. The number of piperidine rings is 1. The molecule has 0 aromatic carbocycles. The summed E-state index contributed by atoms with van der Waals surface area (Å²) in [5, 5.41) is 0. The van der Waals surface area contributed by atoms with Crippen molar-refractivity contribution in [2.75, 3.05) is 20.1 Å². The number of hydrogen-bond donors (Lipinski definition) is 0. The van der Waals surface area contributed by atoms with Crippen LogP contribution in [0, 0.1) is 0 Å². The van der Waals surface area contributed by atoms with Gasteiger partial charge in [-0.1, -0.05) is 0 Å². The van der Waals surface area contributed by atoms with Crippen LogP contribution >= 0.6 is 0 Å². The van der Waals surface area contributed by atoms with Crippen LogP contribution in [-0.2, 0) is 4.74 Å². The van der Waals surface area contributed by atoms with E-state index >= 15 is 0 Å². The highest BCUT2D eigenvalue weighted by Gasteiger charge is 2.31. The van der Waals surface area contributed by atoms with Crippen LogP contribution in [0.3, 0.4) is 0 Å². The molecule has 0 aliphatic carbocycles. The standard InChI is InChI=1S/C17H28N2O3/c1-13(15-9-7-11-21-15)18(5)14-8-6-10-19(12-14)16(20)22-17(2,3)4/h7,9,11,13-14H,6,8,10,12H2,1-5H3/t13-,14-/m1/s1. The number of carbonyl (C=O) groups excluding carboxylic acids is 1. The maximum absolute atomic E-state index is 12.2. The highest BCUT2D eigenvalue weighted by Crippen LogP contribution is 2.26. The molecule has 2 rings (SSSR count). The van der Waals surface area contributed by atoms with Crippen molar-refractivity contribution in [2.24, 2.45) is 0 Å². The van der Waals surface area contributed by atoms with Gasteiger partial charge in [0, 0.05) is 19.1 Å². The minimum atomic E-state index is -0.447. The van der Waals surface area contributed by atoms with Gasteiger partial charge in [0.15, 0.2) is 0 Å². The Bertz CT molecular complexity index is 479. The minimum absolute atomic E-state index is 0.193. The molecule has 2 heterocycles. The molecule has 1 aliphatic heterocycles. The molecule has 1 aliphatic rings. The van der Waals surface area contributed by atoms with Crippen molar-refractivity contribution < 1.29 is 13.9 Å². The summed E-state index contributed by atoms with van der Waals surface area (Å²) in [7, 11) is 2.09. The molecular weight excluding hydrogens is 280 g/mol. The normalized spacial score (nSPS) is 21.0. The predicted molar refractivity (Wildman–Crippen MR) is 85.7 cm³/mol. The second-order valence-electron chi connectivity index (χ2n) is 7.08. The van der Waals surface area contributed by atoms with Crippen LogP contribution in [0.4, 0.5) is 4.79 Å². The van der Waals surface area contributed by atoms with E-state index in [1.54, 1.807) is 6.26 Å². The van der Waals surface area contributed by atoms with Crippen LogP contribution < -0.4 is 0 Å². The first-order valence-electron chi connectivity index (χ1n) is 8.01. The van der Waals surface area contributed by atoms with E-state index in [2.05, 4.69) is 18.9 Å². The first-order chi connectivity index (χ1) is 10.3. The Morgan fingerprint density at radius 3 is 2.82 bits per heavy atom. The molecule has 0 spiro atoms. The Kier molecular flexibility index (Phi) is 5.16. The Morgan fingerprint density at radius 2 is 2.23 bits per heavy atom. The maximum Gasteiger partial charge on any atom is 0.410 e. The molecule has 1 fully saturated rings. The van der Waals surface area contributed by atoms with Crippen LogP contribution in [0.2, 0.25) is 0 Å². The summed E-state index contributed by atoms with van der Waals surface area (Å²) >= 11 is 0. The molecule has 1 saturated heterocycles. The zero-order valence-corrected chi connectivity index (χ0v) is 14.3. The van der Waals surface area contributed by atoms with Crippen LogP contribution in [-0.4, -0.2) is 47.7 Å². The summed E-state index contributed by atoms with van der Waals surface area (Å²) in [6.07, 6.45) is 3.57. The molecule has 1 aromatic rings. The maximum atomic E-state index is 12.2. The van der Waals surface area contributed by atoms with Crippen LogP contribution in [0.5, 0.6) is 0 Å². The van der Waals surface area contributed by atoms with E-state index in [0.29, 0.717) is 12.6 Å². The van der Waals surface area contributed by atoms with Gasteiger partial charge in [-0.25, -0.2) is 4.79 Å². The third-order valence-electron chi connectivity index (χ3n) is 4.19. The zero-order chi connectivity index (χ0) is 16.3. The molecule has 0 saturated carbocycles. The average molecular weight is 308 g/mol. The van der Waals surface area contributed by atoms with E-state index in [1.165, 1.54) is 0 Å². The molecule has 0 unspecified atom stereocenters. The smallest absolute Gasteiger partial charge is 0.410 e. The first-order valence-corrected chi connectivity index (χ1v) is 8.01. The van der Waals surface area contributed by atoms with Gasteiger partial charge in [-0.3, -0.25) is 4.90 Å². The highest BCUT2D eigenvalue weighted by molar-refractivity contribution is 5.68. The van der Waals surface area contributed by atoms with Crippen LogP contribution in [0.1, 0.15) is 52.3 Å². The van der Waals surface area contributed by atoms with Crippen molar-refractivity contribution in [1.29, 1.82) is 0 Å². The van der Waals surface area contributed by atoms with Crippen molar-refractivity contribution >= 4 is 6.09 Å². The quantitative estimate of drug-likeness (QED) is 0.854. The summed E-state index contributed by atoms with van der Waals surface area (Å²) in [4.78, 5) is 16.4. The largest absolute Gasteiger partial charge is 0.468 e. The van der Waals surface area contributed by atoms with Crippen molar-refractivity contribution in [2.45, 2.75) is 58.2 Å². The molecule has 22 heavy (non-hydrogen) atoms. The molecule has 1 aromatic heterocycles. The van der Waals surface area contributed by atoms with Gasteiger partial charge in [0.05, 0.1) is 12.3 Å². The molecule has 5 nitrogen and oxygen atoms in total. The number of ether oxygens (including phenoxy) is 1. The zero-order valence-electron chi connectivity index (χ0n) is 14.3. The number of carbonyl (C=O) groups is 1. The molecule has 0 bridgehead atoms. The second kappa shape index (κ2) is 6.73. The van der Waals surface area contributed by atoms with Crippen LogP contribution in [0.15, 0.2) is 22.8 Å². The summed E-state index contributed by atoms with van der Waals surface area (Å²) in [6, 6.07) is 4.42. The van der Waals surface area contributed by atoms with E-state index in [1.807, 2.05) is 37.8 Å². The Balaban J connectivity index is 1.96. The van der Waals surface area contributed by atoms with Gasteiger partial charge in [-0.15, -0.1) is 0 Å². The van der Waals surface area contributed by atoms with E-state index < -0.39 is 5.60 Å². The van der Waals surface area contributed by atoms with Crippen LogP contribution in [0.25, 0.3) is 0 Å². The van der Waals surface area contributed by atoms with E-state index in [-0.39, 0.29) is 12.1 Å². The van der Waals surface area contributed by atoms with E-state index in [0.717, 1.165) is 25.1 Å². The Hall–Kier alpha value is -1.49. The molecule has 5 heteroatoms. The Morgan fingerprint density at radius 1 is 1.50 bits per heavy atom. The monoisotopic (exact) mass is 308 g/mol. The molecule has 2 atom stereocenters. The SMILES string of the molecule is C[C@H](c1ccco1)N(C)[C@@H]1CCCN(C(=O)OC(C)(C)C)C1. The summed E-state index contributed by atoms with van der Waals surface area (Å²) in [6.45, 7) is 9.31. The third-order valence-corrected chi connectivity index (χ3v) is 4.19. The van der Waals surface area contributed by atoms with E-state index in [4.69, 9.17) is 9.15 Å². The summed E-state index contributed by atoms with van der Waals surface area (Å²) < 4.78 is 11.0. The number of nitrogens with zero attached hydrogens (tertiary/aromatic N) is 2. The number of hydrogen-bond acceptors (Lipinski definition) is 4. The van der Waals surface area contributed by atoms with Crippen molar-refractivity contribution in [3.8, 4) is 0 Å². The number of amides is 1. The fourth-order valence-corrected chi connectivity index (χ4v) is 2.83. The topological polar surface area (TPSA) is 45.9 Å². The van der Waals surface area contributed by atoms with Crippen molar-refractivity contribution in [1.82, 2.24) is 9.80 Å². The fourth-order valence-electron chi connectivity index (χ4n) is 2.83. The molecular formula is C17H28N2O3. The lowest BCUT2D eigenvalue weighted by Gasteiger charge is -2.40.